The van der Waals surface area contributed by atoms with E-state index in [1.165, 1.54) is 11.4 Å². The molecule has 0 amide bonds. The summed E-state index contributed by atoms with van der Waals surface area (Å²) in [5.74, 6) is -1.24. The van der Waals surface area contributed by atoms with Gasteiger partial charge in [-0.1, -0.05) is 0 Å². The van der Waals surface area contributed by atoms with Crippen LogP contribution in [0.1, 0.15) is 24.2 Å². The molecule has 0 unspecified atom stereocenters. The summed E-state index contributed by atoms with van der Waals surface area (Å²) in [5.41, 5.74) is -0.187. The number of nitrogens with one attached hydrogen (secondary N) is 1. The lowest BCUT2D eigenvalue weighted by Crippen LogP contribution is -2.30. The van der Waals surface area contributed by atoms with Crippen LogP contribution in [0.3, 0.4) is 0 Å². The van der Waals surface area contributed by atoms with Crippen molar-refractivity contribution in [3.05, 3.63) is 17.0 Å². The zero-order valence-corrected chi connectivity index (χ0v) is 9.85. The minimum absolute atomic E-state index is 0.149. The van der Waals surface area contributed by atoms with Gasteiger partial charge in [0.1, 0.15) is 4.21 Å². The zero-order chi connectivity index (χ0) is 11.6. The molecule has 0 fully saturated rings. The Kier molecular flexibility index (Phi) is 3.48. The maximum absolute atomic E-state index is 11.7. The molecule has 0 bridgehead atoms. The third kappa shape index (κ3) is 2.77. The smallest absolute Gasteiger partial charge is 0.337 e. The van der Waals surface area contributed by atoms with Gasteiger partial charge in [0.15, 0.2) is 0 Å². The summed E-state index contributed by atoms with van der Waals surface area (Å²) in [5, 5.41) is 10.2. The van der Waals surface area contributed by atoms with E-state index < -0.39 is 16.0 Å². The van der Waals surface area contributed by atoms with Gasteiger partial charge in [0.25, 0.3) is 10.0 Å². The molecule has 1 aromatic rings. The largest absolute Gasteiger partial charge is 0.478 e. The summed E-state index contributed by atoms with van der Waals surface area (Å²) in [6.45, 7) is 3.34. The molecule has 84 valence electrons. The minimum Gasteiger partial charge on any atom is -0.478 e. The predicted octanol–water partition coefficient (Wildman–Crippen LogP) is 1.13. The molecule has 0 atom stereocenters. The van der Waals surface area contributed by atoms with Crippen molar-refractivity contribution >= 4 is 27.3 Å². The second kappa shape index (κ2) is 4.30. The Labute approximate surface area is 91.8 Å². The first-order chi connectivity index (χ1) is 6.84. The van der Waals surface area contributed by atoms with Gasteiger partial charge in [0.2, 0.25) is 0 Å². The Bertz CT molecular complexity index is 461. The fourth-order valence-electron chi connectivity index (χ4n) is 1.03. The van der Waals surface area contributed by atoms with Gasteiger partial charge in [-0.15, -0.1) is 11.3 Å². The van der Waals surface area contributed by atoms with Crippen LogP contribution in [-0.4, -0.2) is 25.5 Å². The van der Waals surface area contributed by atoms with Crippen LogP contribution in [0.25, 0.3) is 0 Å². The first-order valence-electron chi connectivity index (χ1n) is 4.17. The third-order valence-electron chi connectivity index (χ3n) is 1.50. The molecule has 0 aliphatic rings. The average Bonchev–Trinajstić information content (AvgIpc) is 2.48. The van der Waals surface area contributed by atoms with E-state index in [1.807, 2.05) is 0 Å². The Morgan fingerprint density at radius 3 is 2.60 bits per heavy atom. The highest BCUT2D eigenvalue weighted by atomic mass is 32.2. The van der Waals surface area contributed by atoms with Crippen molar-refractivity contribution in [2.75, 3.05) is 0 Å². The highest BCUT2D eigenvalue weighted by molar-refractivity contribution is 7.91. The maximum atomic E-state index is 11.7. The van der Waals surface area contributed by atoms with Crippen molar-refractivity contribution in [1.82, 2.24) is 4.72 Å². The van der Waals surface area contributed by atoms with Crippen molar-refractivity contribution < 1.29 is 18.3 Å². The number of carboxylic acid groups (broad SMARTS) is 1. The Morgan fingerprint density at radius 1 is 1.53 bits per heavy atom. The number of carboxylic acids is 1. The van der Waals surface area contributed by atoms with Crippen molar-refractivity contribution in [2.24, 2.45) is 0 Å². The van der Waals surface area contributed by atoms with E-state index in [9.17, 15) is 13.2 Å². The van der Waals surface area contributed by atoms with Crippen LogP contribution < -0.4 is 4.72 Å². The summed E-state index contributed by atoms with van der Waals surface area (Å²) in [7, 11) is -3.70. The second-order valence-electron chi connectivity index (χ2n) is 3.20. The number of carbonyl (C=O) groups is 1. The fourth-order valence-corrected chi connectivity index (χ4v) is 3.63. The molecule has 1 aromatic heterocycles. The van der Waals surface area contributed by atoms with Crippen molar-refractivity contribution in [1.29, 1.82) is 0 Å². The molecule has 0 saturated heterocycles. The first-order valence-corrected chi connectivity index (χ1v) is 6.54. The molecule has 0 aliphatic carbocycles. The van der Waals surface area contributed by atoms with Crippen molar-refractivity contribution in [3.63, 3.8) is 0 Å². The lowest BCUT2D eigenvalue weighted by molar-refractivity contribution is 0.0693. The molecule has 1 rings (SSSR count). The van der Waals surface area contributed by atoms with E-state index in [-0.39, 0.29) is 15.8 Å². The van der Waals surface area contributed by atoms with E-state index in [0.29, 0.717) is 0 Å². The van der Waals surface area contributed by atoms with Crippen LogP contribution in [-0.2, 0) is 10.0 Å². The van der Waals surface area contributed by atoms with Crippen LogP contribution in [0.2, 0.25) is 0 Å². The summed E-state index contributed by atoms with van der Waals surface area (Å²) in [4.78, 5) is 10.7. The molecule has 5 nitrogen and oxygen atoms in total. The average molecular weight is 249 g/mol. The molecule has 2 N–H and O–H groups in total. The maximum Gasteiger partial charge on any atom is 0.337 e. The molecular weight excluding hydrogens is 238 g/mol. The Balaban J connectivity index is 3.16. The Hall–Kier alpha value is -0.920. The van der Waals surface area contributed by atoms with Gasteiger partial charge in [0, 0.05) is 6.04 Å². The SMILES string of the molecule is CC(C)NS(=O)(=O)c1sccc1C(=O)O. The fraction of sp³-hybridized carbons (Fsp3) is 0.375. The second-order valence-corrected chi connectivity index (χ2v) is 6.03. The van der Waals surface area contributed by atoms with Crippen LogP contribution >= 0.6 is 11.3 Å². The van der Waals surface area contributed by atoms with E-state index >= 15 is 0 Å². The summed E-state index contributed by atoms with van der Waals surface area (Å²) >= 11 is 0.896. The number of rotatable bonds is 4. The van der Waals surface area contributed by atoms with Gasteiger partial charge in [-0.25, -0.2) is 17.9 Å². The summed E-state index contributed by atoms with van der Waals surface area (Å²) in [6, 6.07) is 1.01. The number of sulfonamides is 1. The molecule has 0 spiro atoms. The minimum atomic E-state index is -3.70. The van der Waals surface area contributed by atoms with Gasteiger partial charge in [-0.3, -0.25) is 0 Å². The lowest BCUT2D eigenvalue weighted by atomic mass is 10.4. The number of hydrogen-bond donors (Lipinski definition) is 2. The van der Waals surface area contributed by atoms with Crippen LogP contribution in [0.15, 0.2) is 15.7 Å². The molecule has 0 saturated carbocycles. The Morgan fingerprint density at radius 2 is 2.13 bits per heavy atom. The van der Waals surface area contributed by atoms with Crippen LogP contribution in [0, 0.1) is 0 Å². The molecule has 15 heavy (non-hydrogen) atoms. The lowest BCUT2D eigenvalue weighted by Gasteiger charge is -2.08. The quantitative estimate of drug-likeness (QED) is 0.838. The molecule has 1 heterocycles. The van der Waals surface area contributed by atoms with Crippen molar-refractivity contribution in [2.45, 2.75) is 24.1 Å². The highest BCUT2D eigenvalue weighted by Gasteiger charge is 2.24. The number of hydrogen-bond acceptors (Lipinski definition) is 4. The summed E-state index contributed by atoms with van der Waals surface area (Å²) < 4.78 is 25.5. The van der Waals surface area contributed by atoms with E-state index in [4.69, 9.17) is 5.11 Å². The molecule has 7 heteroatoms. The molecule has 0 radical (unpaired) electrons. The van der Waals surface area contributed by atoms with E-state index in [1.54, 1.807) is 13.8 Å². The van der Waals surface area contributed by atoms with Gasteiger partial charge >= 0.3 is 5.97 Å². The zero-order valence-electron chi connectivity index (χ0n) is 8.22. The first kappa shape index (κ1) is 12.2. The monoisotopic (exact) mass is 249 g/mol. The predicted molar refractivity (Wildman–Crippen MR) is 56.7 cm³/mol. The number of aromatic carboxylic acids is 1. The third-order valence-corrected chi connectivity index (χ3v) is 4.64. The van der Waals surface area contributed by atoms with Gasteiger partial charge in [-0.2, -0.15) is 0 Å². The van der Waals surface area contributed by atoms with Gasteiger partial charge in [-0.05, 0) is 25.3 Å². The van der Waals surface area contributed by atoms with Crippen LogP contribution in [0.4, 0.5) is 0 Å². The molecule has 0 aromatic carbocycles. The molecular formula is C8H11NO4S2. The van der Waals surface area contributed by atoms with E-state index in [0.717, 1.165) is 11.3 Å². The summed E-state index contributed by atoms with van der Waals surface area (Å²) in [6.07, 6.45) is 0. The van der Waals surface area contributed by atoms with Gasteiger partial charge < -0.3 is 5.11 Å². The van der Waals surface area contributed by atoms with Gasteiger partial charge in [0.05, 0.1) is 5.56 Å². The highest BCUT2D eigenvalue weighted by Crippen LogP contribution is 2.22. The van der Waals surface area contributed by atoms with Crippen LogP contribution in [0.5, 0.6) is 0 Å². The standard InChI is InChI=1S/C8H11NO4S2/c1-5(2)9-15(12,13)8-6(7(10)11)3-4-14-8/h3-5,9H,1-2H3,(H,10,11). The number of thiophene rings is 1. The van der Waals surface area contributed by atoms with E-state index in [2.05, 4.69) is 4.72 Å². The normalized spacial score (nSPS) is 11.9. The molecule has 0 aliphatic heterocycles. The van der Waals surface area contributed by atoms with Crippen molar-refractivity contribution in [3.8, 4) is 0 Å². The topological polar surface area (TPSA) is 83.5 Å².